The van der Waals surface area contributed by atoms with Gasteiger partial charge in [0.2, 0.25) is 5.91 Å². The van der Waals surface area contributed by atoms with Crippen LogP contribution in [0.2, 0.25) is 0 Å². The molecule has 1 aromatic heterocycles. The van der Waals surface area contributed by atoms with Crippen molar-refractivity contribution < 1.29 is 9.53 Å². The maximum atomic E-state index is 12.6. The van der Waals surface area contributed by atoms with Gasteiger partial charge in [0.05, 0.1) is 17.4 Å². The maximum Gasteiger partial charge on any atom is 0.261 e. The molecule has 30 heavy (non-hydrogen) atoms. The van der Waals surface area contributed by atoms with Crippen molar-refractivity contribution in [3.05, 3.63) is 82.9 Å². The van der Waals surface area contributed by atoms with Crippen molar-refractivity contribution in [1.82, 2.24) is 14.9 Å². The summed E-state index contributed by atoms with van der Waals surface area (Å²) in [5.74, 6) is 1.25. The van der Waals surface area contributed by atoms with Crippen LogP contribution < -0.4 is 15.6 Å². The summed E-state index contributed by atoms with van der Waals surface area (Å²) in [6.45, 7) is 2.85. The van der Waals surface area contributed by atoms with Crippen LogP contribution in [0.4, 0.5) is 0 Å². The number of rotatable bonds is 7. The predicted octanol–water partition coefficient (Wildman–Crippen LogP) is 3.44. The van der Waals surface area contributed by atoms with Crippen molar-refractivity contribution >= 4 is 27.6 Å². The Labute approximate surface area is 174 Å². The smallest absolute Gasteiger partial charge is 0.261 e. The number of amides is 1. The standard InChI is InChI=1S/C24H23N3O3/c1-17-26-22-9-5-4-8-21(22)24(29)27(17)14-12-23(28)25-13-15-30-20-11-10-18-6-2-3-7-19(18)16-20/h2-11,16H,12-15H2,1H3,(H,25,28). The highest BCUT2D eigenvalue weighted by Gasteiger charge is 2.09. The average Bonchev–Trinajstić information content (AvgIpc) is 2.76. The first-order valence-corrected chi connectivity index (χ1v) is 9.96. The van der Waals surface area contributed by atoms with Crippen molar-refractivity contribution in [2.45, 2.75) is 19.9 Å². The lowest BCUT2D eigenvalue weighted by Crippen LogP contribution is -2.31. The highest BCUT2D eigenvalue weighted by molar-refractivity contribution is 5.83. The summed E-state index contributed by atoms with van der Waals surface area (Å²) >= 11 is 0. The van der Waals surface area contributed by atoms with Crippen molar-refractivity contribution in [2.24, 2.45) is 0 Å². The highest BCUT2D eigenvalue weighted by atomic mass is 16.5. The molecule has 0 unspecified atom stereocenters. The largest absolute Gasteiger partial charge is 0.492 e. The molecule has 152 valence electrons. The third-order valence-corrected chi connectivity index (χ3v) is 5.03. The van der Waals surface area contributed by atoms with E-state index in [1.165, 1.54) is 0 Å². The molecule has 6 heteroatoms. The summed E-state index contributed by atoms with van der Waals surface area (Å²) < 4.78 is 7.28. The molecular weight excluding hydrogens is 378 g/mol. The molecule has 0 radical (unpaired) electrons. The fourth-order valence-electron chi connectivity index (χ4n) is 3.46. The monoisotopic (exact) mass is 401 g/mol. The number of carbonyl (C=O) groups excluding carboxylic acids is 1. The third kappa shape index (κ3) is 4.33. The molecule has 4 rings (SSSR count). The zero-order valence-electron chi connectivity index (χ0n) is 16.8. The average molecular weight is 401 g/mol. The number of aryl methyl sites for hydroxylation is 1. The van der Waals surface area contributed by atoms with Crippen LogP contribution in [0.1, 0.15) is 12.2 Å². The second kappa shape index (κ2) is 8.78. The van der Waals surface area contributed by atoms with Gasteiger partial charge in [-0.3, -0.25) is 14.2 Å². The van der Waals surface area contributed by atoms with Gasteiger partial charge in [-0.2, -0.15) is 0 Å². The summed E-state index contributed by atoms with van der Waals surface area (Å²) in [5.41, 5.74) is 0.553. The first-order chi connectivity index (χ1) is 14.6. The van der Waals surface area contributed by atoms with E-state index in [4.69, 9.17) is 4.74 Å². The minimum atomic E-state index is -0.128. The molecule has 1 heterocycles. The van der Waals surface area contributed by atoms with Gasteiger partial charge in [0.25, 0.3) is 5.56 Å². The number of para-hydroxylation sites is 1. The van der Waals surface area contributed by atoms with Crippen LogP contribution in [0.3, 0.4) is 0 Å². The minimum Gasteiger partial charge on any atom is -0.492 e. The fourth-order valence-corrected chi connectivity index (χ4v) is 3.46. The lowest BCUT2D eigenvalue weighted by atomic mass is 10.1. The van der Waals surface area contributed by atoms with Gasteiger partial charge in [0.1, 0.15) is 18.2 Å². The van der Waals surface area contributed by atoms with Gasteiger partial charge in [0.15, 0.2) is 0 Å². The minimum absolute atomic E-state index is 0.120. The Bertz CT molecular complexity index is 1260. The number of hydrogen-bond acceptors (Lipinski definition) is 4. The molecule has 0 bridgehead atoms. The predicted molar refractivity (Wildman–Crippen MR) is 118 cm³/mol. The number of hydrogen-bond donors (Lipinski definition) is 1. The first-order valence-electron chi connectivity index (χ1n) is 9.96. The molecule has 0 aliphatic carbocycles. The second-order valence-electron chi connectivity index (χ2n) is 7.09. The van der Waals surface area contributed by atoms with Crippen LogP contribution >= 0.6 is 0 Å². The molecule has 3 aromatic carbocycles. The molecule has 0 saturated carbocycles. The molecular formula is C24H23N3O3. The Kier molecular flexibility index (Phi) is 5.75. The van der Waals surface area contributed by atoms with E-state index >= 15 is 0 Å². The van der Waals surface area contributed by atoms with Crippen LogP contribution in [0, 0.1) is 6.92 Å². The van der Waals surface area contributed by atoms with E-state index < -0.39 is 0 Å². The van der Waals surface area contributed by atoms with Gasteiger partial charge >= 0.3 is 0 Å². The Morgan fingerprint density at radius 3 is 2.67 bits per heavy atom. The topological polar surface area (TPSA) is 73.2 Å². The summed E-state index contributed by atoms with van der Waals surface area (Å²) in [6.07, 6.45) is 0.205. The Balaban J connectivity index is 1.28. The van der Waals surface area contributed by atoms with Gasteiger partial charge in [-0.25, -0.2) is 4.98 Å². The van der Waals surface area contributed by atoms with Crippen LogP contribution in [-0.4, -0.2) is 28.6 Å². The molecule has 0 atom stereocenters. The lowest BCUT2D eigenvalue weighted by molar-refractivity contribution is -0.121. The summed E-state index contributed by atoms with van der Waals surface area (Å²) in [7, 11) is 0. The van der Waals surface area contributed by atoms with Gasteiger partial charge in [-0.05, 0) is 42.0 Å². The summed E-state index contributed by atoms with van der Waals surface area (Å²) in [4.78, 5) is 29.3. The first kappa shape index (κ1) is 19.6. The third-order valence-electron chi connectivity index (χ3n) is 5.03. The maximum absolute atomic E-state index is 12.6. The quantitative estimate of drug-likeness (QED) is 0.482. The van der Waals surface area contributed by atoms with Crippen molar-refractivity contribution in [3.63, 3.8) is 0 Å². The SMILES string of the molecule is Cc1nc2ccccc2c(=O)n1CCC(=O)NCCOc1ccc2ccccc2c1. The van der Waals surface area contributed by atoms with Crippen molar-refractivity contribution in [2.75, 3.05) is 13.2 Å². The normalized spacial score (nSPS) is 11.0. The molecule has 0 saturated heterocycles. The van der Waals surface area contributed by atoms with Crippen LogP contribution in [-0.2, 0) is 11.3 Å². The van der Waals surface area contributed by atoms with Crippen LogP contribution in [0.15, 0.2) is 71.5 Å². The number of ether oxygens (including phenoxy) is 1. The number of nitrogens with zero attached hydrogens (tertiary/aromatic N) is 2. The van der Waals surface area contributed by atoms with E-state index in [0.717, 1.165) is 16.5 Å². The van der Waals surface area contributed by atoms with Crippen LogP contribution in [0.25, 0.3) is 21.7 Å². The van der Waals surface area contributed by atoms with E-state index in [-0.39, 0.29) is 17.9 Å². The van der Waals surface area contributed by atoms with E-state index in [1.54, 1.807) is 17.6 Å². The molecule has 6 nitrogen and oxygen atoms in total. The number of aromatic nitrogens is 2. The molecule has 1 amide bonds. The zero-order chi connectivity index (χ0) is 20.9. The molecule has 4 aromatic rings. The molecule has 0 aliphatic rings. The zero-order valence-corrected chi connectivity index (χ0v) is 16.8. The number of carbonyl (C=O) groups is 1. The Hall–Kier alpha value is -3.67. The van der Waals surface area contributed by atoms with Gasteiger partial charge in [-0.15, -0.1) is 0 Å². The molecule has 0 spiro atoms. The number of fused-ring (bicyclic) bond motifs is 2. The van der Waals surface area contributed by atoms with E-state index in [2.05, 4.69) is 16.4 Å². The van der Waals surface area contributed by atoms with E-state index in [9.17, 15) is 9.59 Å². The molecule has 1 N–H and O–H groups in total. The van der Waals surface area contributed by atoms with Gasteiger partial charge in [-0.1, -0.05) is 42.5 Å². The summed E-state index contributed by atoms with van der Waals surface area (Å²) in [6, 6.07) is 21.2. The van der Waals surface area contributed by atoms with Crippen molar-refractivity contribution in [3.8, 4) is 5.75 Å². The van der Waals surface area contributed by atoms with Crippen LogP contribution in [0.5, 0.6) is 5.75 Å². The number of benzene rings is 3. The van der Waals surface area contributed by atoms with E-state index in [1.807, 2.05) is 54.6 Å². The van der Waals surface area contributed by atoms with Gasteiger partial charge < -0.3 is 10.1 Å². The highest BCUT2D eigenvalue weighted by Crippen LogP contribution is 2.20. The summed E-state index contributed by atoms with van der Waals surface area (Å²) in [5, 5.41) is 5.67. The Morgan fingerprint density at radius 2 is 1.80 bits per heavy atom. The fraction of sp³-hybridized carbons (Fsp3) is 0.208. The molecule has 0 aliphatic heterocycles. The molecule has 0 fully saturated rings. The lowest BCUT2D eigenvalue weighted by Gasteiger charge is -2.11. The second-order valence-corrected chi connectivity index (χ2v) is 7.09. The van der Waals surface area contributed by atoms with E-state index in [0.29, 0.717) is 36.4 Å². The Morgan fingerprint density at radius 1 is 1.03 bits per heavy atom. The van der Waals surface area contributed by atoms with Gasteiger partial charge in [0, 0.05) is 13.0 Å². The number of nitrogens with one attached hydrogen (secondary N) is 1. The van der Waals surface area contributed by atoms with Crippen molar-refractivity contribution in [1.29, 1.82) is 0 Å².